The van der Waals surface area contributed by atoms with Crippen molar-refractivity contribution >= 4 is 29.1 Å². The van der Waals surface area contributed by atoms with Gasteiger partial charge < -0.3 is 18.9 Å². The summed E-state index contributed by atoms with van der Waals surface area (Å²) in [7, 11) is 1.43. The number of benzene rings is 2. The number of nitrogens with zero attached hydrogens (tertiary/aromatic N) is 3. The van der Waals surface area contributed by atoms with E-state index < -0.39 is 16.6 Å². The lowest BCUT2D eigenvalue weighted by Gasteiger charge is -2.29. The number of alkyl halides is 3. The summed E-state index contributed by atoms with van der Waals surface area (Å²) in [5.74, 6) is -1.49. The number of quaternary nitrogens is 1. The molecule has 0 atom stereocenters. The molecule has 7 nitrogen and oxygen atoms in total. The number of aromatic nitrogens is 1. The minimum atomic E-state index is -4.99. The van der Waals surface area contributed by atoms with Crippen molar-refractivity contribution in [1.29, 1.82) is 0 Å². The Bertz CT molecular complexity index is 1470. The van der Waals surface area contributed by atoms with Crippen molar-refractivity contribution in [2.45, 2.75) is 12.7 Å². The van der Waals surface area contributed by atoms with Crippen molar-refractivity contribution in [3.8, 4) is 22.6 Å². The lowest BCUT2D eigenvalue weighted by atomic mass is 10.1. The molecule has 2 aliphatic rings. The second-order valence-electron chi connectivity index (χ2n) is 9.09. The molecule has 0 N–H and O–H groups in total. The smallest absolute Gasteiger partial charge is 0.493 e. The molecule has 1 aromatic heterocycles. The maximum absolute atomic E-state index is 13.4. The van der Waals surface area contributed by atoms with Crippen LogP contribution < -0.4 is 14.4 Å². The van der Waals surface area contributed by atoms with E-state index in [1.807, 2.05) is 29.0 Å². The highest BCUT2D eigenvalue weighted by Crippen LogP contribution is 2.35. The molecule has 0 fully saturated rings. The second kappa shape index (κ2) is 10.3. The molecule has 2 aromatic carbocycles. The Morgan fingerprint density at radius 1 is 1.00 bits per heavy atom. The molecule has 39 heavy (non-hydrogen) atoms. The molecule has 3 heterocycles. The van der Waals surface area contributed by atoms with Crippen LogP contribution in [0.4, 0.5) is 18.9 Å². The number of ether oxygens (including phenoxy) is 2. The van der Waals surface area contributed by atoms with E-state index in [2.05, 4.69) is 0 Å². The van der Waals surface area contributed by atoms with Crippen molar-refractivity contribution in [2.24, 2.45) is 0 Å². The van der Waals surface area contributed by atoms with Gasteiger partial charge >= 0.3 is 12.1 Å². The predicted octanol–water partition coefficient (Wildman–Crippen LogP) is 5.80. The van der Waals surface area contributed by atoms with Gasteiger partial charge in [0.1, 0.15) is 31.2 Å². The number of hydrogen-bond donors (Lipinski definition) is 0. The minimum absolute atomic E-state index is 0.179. The maximum atomic E-state index is 13.4. The Morgan fingerprint density at radius 2 is 1.72 bits per heavy atom. The molecule has 11 heteroatoms. The van der Waals surface area contributed by atoms with E-state index in [0.717, 1.165) is 11.1 Å². The van der Waals surface area contributed by atoms with Gasteiger partial charge in [-0.2, -0.15) is 17.7 Å². The zero-order valence-corrected chi connectivity index (χ0v) is 21.6. The van der Waals surface area contributed by atoms with Crippen molar-refractivity contribution in [3.05, 3.63) is 90.0 Å². The number of rotatable bonds is 7. The first-order valence-electron chi connectivity index (χ1n) is 12.1. The number of amides is 2. The summed E-state index contributed by atoms with van der Waals surface area (Å²) in [4.78, 5) is 27.0. The average Bonchev–Trinajstić information content (AvgIpc) is 3.57. The van der Waals surface area contributed by atoms with E-state index in [-0.39, 0.29) is 24.8 Å². The SMILES string of the molecule is COc1cc(N2CCn3cc(-c4ccc(Cl)cc4)cc3C2=O)ccc1OCC[N+]1(C(=O)C(F)(F)F)C=CC=C1. The first-order valence-corrected chi connectivity index (χ1v) is 12.4. The minimum Gasteiger partial charge on any atom is -0.493 e. The molecular formula is C28H24ClF3N3O4+. The second-order valence-corrected chi connectivity index (χ2v) is 9.53. The fourth-order valence-corrected chi connectivity index (χ4v) is 4.82. The van der Waals surface area contributed by atoms with Crippen LogP contribution in [-0.4, -0.2) is 53.8 Å². The van der Waals surface area contributed by atoms with E-state index in [1.54, 1.807) is 35.2 Å². The van der Waals surface area contributed by atoms with Crippen LogP contribution >= 0.6 is 11.6 Å². The summed E-state index contributed by atoms with van der Waals surface area (Å²) >= 11 is 5.99. The Morgan fingerprint density at radius 3 is 2.38 bits per heavy atom. The number of carbonyl (C=O) groups excluding carboxylic acids is 2. The summed E-state index contributed by atoms with van der Waals surface area (Å²) in [6, 6.07) is 14.2. The van der Waals surface area contributed by atoms with E-state index >= 15 is 0 Å². The number of carbonyl (C=O) groups is 2. The van der Waals surface area contributed by atoms with Crippen LogP contribution in [0.2, 0.25) is 5.02 Å². The largest absolute Gasteiger partial charge is 0.510 e. The van der Waals surface area contributed by atoms with E-state index in [1.165, 1.54) is 31.7 Å². The number of methoxy groups -OCH3 is 1. The van der Waals surface area contributed by atoms with Gasteiger partial charge in [-0.3, -0.25) is 4.79 Å². The van der Waals surface area contributed by atoms with Crippen molar-refractivity contribution in [2.75, 3.05) is 31.7 Å². The third-order valence-corrected chi connectivity index (χ3v) is 6.97. The lowest BCUT2D eigenvalue weighted by molar-refractivity contribution is -0.753. The third kappa shape index (κ3) is 5.17. The summed E-state index contributed by atoms with van der Waals surface area (Å²) < 4.78 is 51.5. The van der Waals surface area contributed by atoms with Gasteiger partial charge in [0.15, 0.2) is 11.5 Å². The Balaban J connectivity index is 1.30. The topological polar surface area (TPSA) is 60.8 Å². The summed E-state index contributed by atoms with van der Waals surface area (Å²) in [6.07, 6.45) is 2.09. The van der Waals surface area contributed by atoms with Crippen LogP contribution in [0.5, 0.6) is 11.5 Å². The summed E-state index contributed by atoms with van der Waals surface area (Å²) in [5, 5.41) is 0.631. The molecule has 202 valence electrons. The predicted molar refractivity (Wildman–Crippen MR) is 140 cm³/mol. The van der Waals surface area contributed by atoms with Crippen molar-refractivity contribution in [1.82, 2.24) is 4.57 Å². The van der Waals surface area contributed by atoms with E-state index in [0.29, 0.717) is 35.2 Å². The zero-order chi connectivity index (χ0) is 27.8. The summed E-state index contributed by atoms with van der Waals surface area (Å²) in [5.41, 5.74) is 2.99. The van der Waals surface area contributed by atoms with Gasteiger partial charge in [0, 0.05) is 41.6 Å². The van der Waals surface area contributed by atoms with Gasteiger partial charge in [-0.25, -0.2) is 4.79 Å². The van der Waals surface area contributed by atoms with Gasteiger partial charge in [0.05, 0.1) is 7.11 Å². The van der Waals surface area contributed by atoms with Crippen LogP contribution in [0.25, 0.3) is 11.1 Å². The van der Waals surface area contributed by atoms with Crippen LogP contribution in [0.15, 0.2) is 79.3 Å². The van der Waals surface area contributed by atoms with Gasteiger partial charge in [0.25, 0.3) is 5.91 Å². The van der Waals surface area contributed by atoms with Gasteiger partial charge in [-0.05, 0) is 48.0 Å². The Labute approximate surface area is 227 Å². The number of anilines is 1. The van der Waals surface area contributed by atoms with Crippen molar-refractivity contribution in [3.63, 3.8) is 0 Å². The molecule has 0 saturated heterocycles. The highest BCUT2D eigenvalue weighted by molar-refractivity contribution is 6.30. The summed E-state index contributed by atoms with van der Waals surface area (Å²) in [6.45, 7) is 0.579. The fraction of sp³-hybridized carbons (Fsp3) is 0.214. The molecule has 0 saturated carbocycles. The Kier molecular flexibility index (Phi) is 7.00. The van der Waals surface area contributed by atoms with Crippen LogP contribution in [0.1, 0.15) is 10.5 Å². The molecule has 5 rings (SSSR count). The molecule has 0 aliphatic carbocycles. The van der Waals surface area contributed by atoms with Gasteiger partial charge in [-0.15, -0.1) is 0 Å². The number of allylic oxidation sites excluding steroid dienone is 2. The highest BCUT2D eigenvalue weighted by atomic mass is 35.5. The monoisotopic (exact) mass is 558 g/mol. The van der Waals surface area contributed by atoms with Crippen LogP contribution in [0.3, 0.4) is 0 Å². The van der Waals surface area contributed by atoms with Gasteiger partial charge in [-0.1, -0.05) is 23.7 Å². The first-order chi connectivity index (χ1) is 18.6. The molecule has 2 aliphatic heterocycles. The zero-order valence-electron chi connectivity index (χ0n) is 20.8. The molecule has 3 aromatic rings. The molecule has 0 spiro atoms. The number of hydrogen-bond acceptors (Lipinski definition) is 4. The third-order valence-electron chi connectivity index (χ3n) is 6.72. The average molecular weight is 559 g/mol. The van der Waals surface area contributed by atoms with E-state index in [4.69, 9.17) is 21.1 Å². The maximum Gasteiger partial charge on any atom is 0.510 e. The standard InChI is InChI=1S/C28H24ClF3N3O4/c1-38-25-17-22(8-9-24(25)39-15-14-35(12-2-3-13-35)27(37)28(30,31)32)34-11-10-33-18-20(16-23(33)26(34)36)19-4-6-21(29)7-5-19/h2-9,12-13,16-18H,10-11,14-15H2,1H3/q+1. The van der Waals surface area contributed by atoms with Crippen LogP contribution in [0, 0.1) is 0 Å². The van der Waals surface area contributed by atoms with Crippen LogP contribution in [-0.2, 0) is 11.3 Å². The molecule has 0 bridgehead atoms. The normalized spacial score (nSPS) is 15.9. The molecular weight excluding hydrogens is 535 g/mol. The van der Waals surface area contributed by atoms with Crippen molar-refractivity contribution < 1.29 is 36.7 Å². The molecule has 0 radical (unpaired) electrons. The first kappa shape index (κ1) is 26.6. The lowest BCUT2D eigenvalue weighted by Crippen LogP contribution is -2.51. The number of fused-ring (bicyclic) bond motifs is 1. The van der Waals surface area contributed by atoms with Gasteiger partial charge in [0.2, 0.25) is 0 Å². The Hall–Kier alpha value is -4.02. The molecule has 0 unspecified atom stereocenters. The number of halogens is 4. The fourth-order valence-electron chi connectivity index (χ4n) is 4.70. The van der Waals surface area contributed by atoms with E-state index in [9.17, 15) is 22.8 Å². The quantitative estimate of drug-likeness (QED) is 0.344. The molecule has 2 amide bonds. The highest BCUT2D eigenvalue weighted by Gasteiger charge is 2.54.